The molecule has 0 aromatic heterocycles. The number of aliphatic hydroxyl groups excluding tert-OH is 1. The Morgan fingerprint density at radius 3 is 2.68 bits per heavy atom. The van der Waals surface area contributed by atoms with Crippen LogP contribution < -0.4 is 10.1 Å². The van der Waals surface area contributed by atoms with Crippen molar-refractivity contribution < 1.29 is 19.3 Å². The van der Waals surface area contributed by atoms with E-state index in [0.29, 0.717) is 26.4 Å². The molecule has 0 spiro atoms. The summed E-state index contributed by atoms with van der Waals surface area (Å²) in [6.07, 6.45) is 0. The summed E-state index contributed by atoms with van der Waals surface area (Å²) < 4.78 is 15.8. The monoisotopic (exact) mass is 269 g/mol. The van der Waals surface area contributed by atoms with Gasteiger partial charge in [0.15, 0.2) is 0 Å². The Hall–Kier alpha value is -1.14. The van der Waals surface area contributed by atoms with Crippen LogP contribution in [0, 0.1) is 0 Å². The van der Waals surface area contributed by atoms with Gasteiger partial charge >= 0.3 is 0 Å². The van der Waals surface area contributed by atoms with E-state index in [4.69, 9.17) is 14.2 Å². The van der Waals surface area contributed by atoms with Crippen LogP contribution in [0.4, 0.5) is 0 Å². The predicted octanol–water partition coefficient (Wildman–Crippen LogP) is 0.981. The van der Waals surface area contributed by atoms with Gasteiger partial charge in [0.2, 0.25) is 0 Å². The van der Waals surface area contributed by atoms with Gasteiger partial charge in [-0.15, -0.1) is 0 Å². The number of hydrogen-bond acceptors (Lipinski definition) is 5. The summed E-state index contributed by atoms with van der Waals surface area (Å²) in [5.41, 5.74) is 1.00. The van der Waals surface area contributed by atoms with Crippen LogP contribution in [0.15, 0.2) is 24.3 Å². The summed E-state index contributed by atoms with van der Waals surface area (Å²) in [7, 11) is 3.46. The first-order chi connectivity index (χ1) is 9.31. The molecular formula is C14H23NO4. The predicted molar refractivity (Wildman–Crippen MR) is 73.5 cm³/mol. The second-order valence-corrected chi connectivity index (χ2v) is 4.05. The van der Waals surface area contributed by atoms with Gasteiger partial charge in [-0.2, -0.15) is 0 Å². The minimum atomic E-state index is -0.0681. The zero-order valence-corrected chi connectivity index (χ0v) is 11.6. The van der Waals surface area contributed by atoms with Crippen LogP contribution in [0.5, 0.6) is 5.75 Å². The van der Waals surface area contributed by atoms with E-state index in [9.17, 15) is 5.11 Å². The van der Waals surface area contributed by atoms with Crippen molar-refractivity contribution >= 4 is 0 Å². The third-order valence-electron chi connectivity index (χ3n) is 2.72. The SMILES string of the molecule is CNC(CO)c1cccc(OCCOCCOC)c1. The number of benzene rings is 1. The Bertz CT molecular complexity index is 342. The third kappa shape index (κ3) is 6.02. The highest BCUT2D eigenvalue weighted by molar-refractivity contribution is 5.30. The fraction of sp³-hybridized carbons (Fsp3) is 0.571. The quantitative estimate of drug-likeness (QED) is 0.620. The molecule has 1 atom stereocenters. The van der Waals surface area contributed by atoms with Gasteiger partial charge in [-0.3, -0.25) is 0 Å². The lowest BCUT2D eigenvalue weighted by Gasteiger charge is -2.15. The molecule has 1 unspecified atom stereocenters. The van der Waals surface area contributed by atoms with E-state index in [-0.39, 0.29) is 12.6 Å². The van der Waals surface area contributed by atoms with E-state index in [2.05, 4.69) is 5.32 Å². The lowest BCUT2D eigenvalue weighted by molar-refractivity contribution is 0.0544. The Labute approximate surface area is 114 Å². The standard InChI is InChI=1S/C14H23NO4/c1-15-14(11-16)12-4-3-5-13(10-12)19-9-8-18-7-6-17-2/h3-5,10,14-16H,6-9,11H2,1-2H3. The highest BCUT2D eigenvalue weighted by Gasteiger charge is 2.08. The maximum Gasteiger partial charge on any atom is 0.119 e. The van der Waals surface area contributed by atoms with Crippen molar-refractivity contribution in [1.29, 1.82) is 0 Å². The molecule has 0 bridgehead atoms. The molecule has 0 amide bonds. The molecule has 0 saturated carbocycles. The molecule has 1 aromatic rings. The first-order valence-electron chi connectivity index (χ1n) is 6.39. The highest BCUT2D eigenvalue weighted by atomic mass is 16.5. The average molecular weight is 269 g/mol. The number of aliphatic hydroxyl groups is 1. The lowest BCUT2D eigenvalue weighted by Crippen LogP contribution is -2.19. The van der Waals surface area contributed by atoms with Crippen LogP contribution >= 0.6 is 0 Å². The van der Waals surface area contributed by atoms with E-state index in [1.807, 2.05) is 31.3 Å². The topological polar surface area (TPSA) is 60.0 Å². The normalized spacial score (nSPS) is 12.4. The molecule has 0 aliphatic heterocycles. The molecule has 5 nitrogen and oxygen atoms in total. The van der Waals surface area contributed by atoms with Crippen LogP contribution in [0.1, 0.15) is 11.6 Å². The zero-order chi connectivity index (χ0) is 13.9. The molecule has 1 rings (SSSR count). The number of nitrogens with one attached hydrogen (secondary N) is 1. The van der Waals surface area contributed by atoms with Crippen LogP contribution in [0.2, 0.25) is 0 Å². The van der Waals surface area contributed by atoms with Gasteiger partial charge in [0, 0.05) is 7.11 Å². The maximum atomic E-state index is 9.23. The first kappa shape index (κ1) is 15.9. The summed E-state index contributed by atoms with van der Waals surface area (Å²) >= 11 is 0. The van der Waals surface area contributed by atoms with E-state index in [1.54, 1.807) is 7.11 Å². The number of ether oxygens (including phenoxy) is 3. The van der Waals surface area contributed by atoms with Crippen molar-refractivity contribution in [1.82, 2.24) is 5.32 Å². The number of hydrogen-bond donors (Lipinski definition) is 2. The maximum absolute atomic E-state index is 9.23. The fourth-order valence-corrected chi connectivity index (χ4v) is 1.65. The lowest BCUT2D eigenvalue weighted by atomic mass is 10.1. The van der Waals surface area contributed by atoms with Crippen LogP contribution in [0.25, 0.3) is 0 Å². The van der Waals surface area contributed by atoms with Crippen LogP contribution in [-0.2, 0) is 9.47 Å². The minimum absolute atomic E-state index is 0.0556. The molecular weight excluding hydrogens is 246 g/mol. The highest BCUT2D eigenvalue weighted by Crippen LogP contribution is 2.18. The van der Waals surface area contributed by atoms with Gasteiger partial charge in [0.1, 0.15) is 12.4 Å². The van der Waals surface area contributed by atoms with Crippen molar-refractivity contribution in [2.24, 2.45) is 0 Å². The van der Waals surface area contributed by atoms with Crippen molar-refractivity contribution in [3.8, 4) is 5.75 Å². The van der Waals surface area contributed by atoms with Gasteiger partial charge in [-0.05, 0) is 24.7 Å². The van der Waals surface area contributed by atoms with E-state index >= 15 is 0 Å². The van der Waals surface area contributed by atoms with Gasteiger partial charge in [0.25, 0.3) is 0 Å². The van der Waals surface area contributed by atoms with Crippen LogP contribution in [-0.4, -0.2) is 52.3 Å². The molecule has 0 aliphatic rings. The summed E-state index contributed by atoms with van der Waals surface area (Å²) in [6, 6.07) is 7.62. The number of likely N-dealkylation sites (N-methyl/N-ethyl adjacent to an activating group) is 1. The Morgan fingerprint density at radius 2 is 2.00 bits per heavy atom. The first-order valence-corrected chi connectivity index (χ1v) is 6.39. The average Bonchev–Trinajstić information content (AvgIpc) is 2.45. The summed E-state index contributed by atoms with van der Waals surface area (Å²) in [5, 5.41) is 12.3. The molecule has 1 aromatic carbocycles. The van der Waals surface area contributed by atoms with E-state index in [1.165, 1.54) is 0 Å². The van der Waals surface area contributed by atoms with Gasteiger partial charge < -0.3 is 24.6 Å². The number of rotatable bonds is 10. The second-order valence-electron chi connectivity index (χ2n) is 4.05. The molecule has 2 N–H and O–H groups in total. The number of methoxy groups -OCH3 is 1. The Morgan fingerprint density at radius 1 is 1.21 bits per heavy atom. The second kappa shape index (κ2) is 9.75. The van der Waals surface area contributed by atoms with Gasteiger partial charge in [-0.25, -0.2) is 0 Å². The molecule has 0 heterocycles. The molecule has 0 aliphatic carbocycles. The third-order valence-corrected chi connectivity index (χ3v) is 2.72. The molecule has 0 radical (unpaired) electrons. The van der Waals surface area contributed by atoms with Gasteiger partial charge in [-0.1, -0.05) is 12.1 Å². The van der Waals surface area contributed by atoms with E-state index in [0.717, 1.165) is 11.3 Å². The van der Waals surface area contributed by atoms with E-state index < -0.39 is 0 Å². The molecule has 19 heavy (non-hydrogen) atoms. The summed E-state index contributed by atoms with van der Waals surface area (Å²) in [4.78, 5) is 0. The molecule has 5 heteroatoms. The summed E-state index contributed by atoms with van der Waals surface area (Å²) in [5.74, 6) is 0.779. The summed E-state index contributed by atoms with van der Waals surface area (Å²) in [6.45, 7) is 2.25. The fourth-order valence-electron chi connectivity index (χ4n) is 1.65. The van der Waals surface area contributed by atoms with Crippen molar-refractivity contribution in [3.05, 3.63) is 29.8 Å². The van der Waals surface area contributed by atoms with Crippen LogP contribution in [0.3, 0.4) is 0 Å². The zero-order valence-electron chi connectivity index (χ0n) is 11.6. The largest absolute Gasteiger partial charge is 0.491 e. The molecule has 0 saturated heterocycles. The van der Waals surface area contributed by atoms with Gasteiger partial charge in [0.05, 0.1) is 32.5 Å². The van der Waals surface area contributed by atoms with Crippen molar-refractivity contribution in [3.63, 3.8) is 0 Å². The smallest absolute Gasteiger partial charge is 0.119 e. The Balaban J connectivity index is 2.35. The Kier molecular flexibility index (Phi) is 8.16. The van der Waals surface area contributed by atoms with Crippen molar-refractivity contribution in [2.75, 3.05) is 47.2 Å². The van der Waals surface area contributed by atoms with Crippen molar-refractivity contribution in [2.45, 2.75) is 6.04 Å². The molecule has 0 fully saturated rings. The molecule has 108 valence electrons. The minimum Gasteiger partial charge on any atom is -0.491 e.